The van der Waals surface area contributed by atoms with Gasteiger partial charge in [0, 0.05) is 65.4 Å². The second-order valence-electron chi connectivity index (χ2n) is 16.9. The van der Waals surface area contributed by atoms with Gasteiger partial charge >= 0.3 is 18.0 Å². The van der Waals surface area contributed by atoms with E-state index >= 15 is 17.6 Å². The van der Waals surface area contributed by atoms with Crippen LogP contribution in [0.2, 0.25) is 0 Å². The summed E-state index contributed by atoms with van der Waals surface area (Å²) in [6, 6.07) is 25.0. The number of piperazine rings is 1. The lowest BCUT2D eigenvalue weighted by Gasteiger charge is -2.37. The van der Waals surface area contributed by atoms with Crippen molar-refractivity contribution in [3.05, 3.63) is 185 Å². The van der Waals surface area contributed by atoms with Gasteiger partial charge in [-0.1, -0.05) is 69.5 Å². The zero-order chi connectivity index (χ0) is 52.9. The molecule has 26 heteroatoms. The molecule has 402 valence electrons. The number of alkyl halides is 7. The largest absolute Gasteiger partial charge is 0.391 e. The summed E-state index contributed by atoms with van der Waals surface area (Å²) >= 11 is 3.11. The van der Waals surface area contributed by atoms with Gasteiger partial charge in [-0.2, -0.15) is 30.7 Å². The highest BCUT2D eigenvalue weighted by atomic mass is 79.9. The van der Waals surface area contributed by atoms with Gasteiger partial charge in [0.2, 0.25) is 0 Å². The second kappa shape index (κ2) is 23.6. The summed E-state index contributed by atoms with van der Waals surface area (Å²) in [6.45, 7) is 0.940. The van der Waals surface area contributed by atoms with Crippen LogP contribution in [0.15, 0.2) is 145 Å². The molecule has 3 aromatic carbocycles. The van der Waals surface area contributed by atoms with E-state index in [-0.39, 0.29) is 20.5 Å². The summed E-state index contributed by atoms with van der Waals surface area (Å²) in [6.07, 6.45) is -1.59. The Balaban J connectivity index is 0.000000293. The zero-order valence-electron chi connectivity index (χ0n) is 38.2. The fourth-order valence-electron chi connectivity index (χ4n) is 8.20. The summed E-state index contributed by atoms with van der Waals surface area (Å²) in [4.78, 5) is 15.9. The third kappa shape index (κ3) is 12.5. The first-order valence-electron chi connectivity index (χ1n) is 22.2. The summed E-state index contributed by atoms with van der Waals surface area (Å²) in [5, 5.41) is 52.7. The van der Waals surface area contributed by atoms with Gasteiger partial charge in [-0.25, -0.2) is 18.1 Å². The molecule has 76 heavy (non-hydrogen) atoms. The molecule has 0 bridgehead atoms. The number of anilines is 2. The molecular weight excluding hydrogens is 1080 g/mol. The zero-order valence-corrected chi connectivity index (χ0v) is 39.8. The molecule has 0 amide bonds. The molecule has 1 saturated heterocycles. The Bertz CT molecular complexity index is 3090. The third-order valence-corrected chi connectivity index (χ3v) is 12.6. The number of benzene rings is 3. The number of aromatic nitrogens is 11. The van der Waals surface area contributed by atoms with E-state index in [9.17, 15) is 37.3 Å². The standard InChI is InChI=1S/C33H30F6N8O2.C15H11BrF3N5O.2CH4/c34-27-4-2-1-3-26(27)31(49,20-47-21-42-43-44-47)33(38,39)30-12-7-23(18-41-30)22-5-8-24(9-6-22)45-13-15-46(16-14-45)25-10-11-28(40-19-25)29(48)17-32(35,36)37;16-10-5-6-13(20-7-10)15(18,19)14(25,8-24-9-21-22-23-24)11-3-1-2-4-12(11)17;;/h1-12,18-19,21,29,48-49H,13-17,20H2;1-7,9,25H,8H2;2*1H4. The fraction of sp³-hybridized carbons (Fsp3) is 0.300. The molecule has 9 rings (SSSR count). The second-order valence-corrected chi connectivity index (χ2v) is 17.9. The Hall–Kier alpha value is -7.42. The van der Waals surface area contributed by atoms with Crippen LogP contribution in [0.4, 0.5) is 50.9 Å². The number of rotatable bonds is 15. The lowest BCUT2D eigenvalue weighted by molar-refractivity contribution is -0.207. The Kier molecular flexibility index (Phi) is 18.0. The van der Waals surface area contributed by atoms with Crippen molar-refractivity contribution in [1.29, 1.82) is 0 Å². The summed E-state index contributed by atoms with van der Waals surface area (Å²) in [5.41, 5.74) is -5.86. The summed E-state index contributed by atoms with van der Waals surface area (Å²) in [5.74, 6) is -9.99. The molecule has 0 saturated carbocycles. The Morgan fingerprint density at radius 1 is 0.539 bits per heavy atom. The van der Waals surface area contributed by atoms with Gasteiger partial charge in [0.15, 0.2) is 11.2 Å². The molecular formula is C50H49BrF9N13O3. The van der Waals surface area contributed by atoms with Crippen molar-refractivity contribution in [1.82, 2.24) is 55.4 Å². The highest BCUT2D eigenvalue weighted by molar-refractivity contribution is 9.10. The maximum absolute atomic E-state index is 16.1. The monoisotopic (exact) mass is 1130 g/mol. The molecule has 0 radical (unpaired) electrons. The highest BCUT2D eigenvalue weighted by Gasteiger charge is 2.59. The minimum atomic E-state index is -4.49. The first-order valence-corrected chi connectivity index (χ1v) is 23.0. The molecule has 0 spiro atoms. The molecule has 3 atom stereocenters. The molecule has 5 aromatic heterocycles. The SMILES string of the molecule is C.C.OC(CC(F)(F)F)c1ccc(N2CCN(c3ccc(-c4ccc(C(F)(F)C(O)(Cn5cnnn5)c5ccccc5F)nc4)cc3)CC2)cn1.OC(Cn1cnnn1)(c1ccccc1F)C(F)(F)c1ccc(Br)cn1. The van der Waals surface area contributed by atoms with Gasteiger partial charge in [0.1, 0.15) is 41.8 Å². The molecule has 3 unspecified atom stereocenters. The van der Waals surface area contributed by atoms with E-state index in [4.69, 9.17) is 0 Å². The quantitative estimate of drug-likeness (QED) is 0.0823. The highest BCUT2D eigenvalue weighted by Crippen LogP contribution is 2.48. The molecule has 1 aliphatic rings. The maximum atomic E-state index is 16.1. The van der Waals surface area contributed by atoms with Crippen molar-refractivity contribution >= 4 is 27.3 Å². The number of halogens is 10. The van der Waals surface area contributed by atoms with Crippen LogP contribution in [0.1, 0.15) is 55.6 Å². The van der Waals surface area contributed by atoms with Crippen molar-refractivity contribution in [3.63, 3.8) is 0 Å². The van der Waals surface area contributed by atoms with Gasteiger partial charge in [-0.15, -0.1) is 10.2 Å². The van der Waals surface area contributed by atoms with Gasteiger partial charge in [0.25, 0.3) is 0 Å². The summed E-state index contributed by atoms with van der Waals surface area (Å²) < 4.78 is 132. The fourth-order valence-corrected chi connectivity index (χ4v) is 8.44. The molecule has 8 aromatic rings. The third-order valence-electron chi connectivity index (χ3n) is 12.1. The van der Waals surface area contributed by atoms with Crippen molar-refractivity contribution in [3.8, 4) is 11.1 Å². The number of hydrogen-bond acceptors (Lipinski definition) is 14. The van der Waals surface area contributed by atoms with Crippen LogP contribution in [0.3, 0.4) is 0 Å². The van der Waals surface area contributed by atoms with Gasteiger partial charge < -0.3 is 25.1 Å². The topological polar surface area (TPSA) is 193 Å². The number of pyridine rings is 3. The van der Waals surface area contributed by atoms with Crippen LogP contribution in [-0.2, 0) is 36.1 Å². The molecule has 16 nitrogen and oxygen atoms in total. The Labute approximate surface area is 437 Å². The van der Waals surface area contributed by atoms with E-state index in [1.807, 2.05) is 24.3 Å². The minimum absolute atomic E-state index is 0. The summed E-state index contributed by atoms with van der Waals surface area (Å²) in [7, 11) is 0. The first kappa shape index (κ1) is 57.9. The Morgan fingerprint density at radius 2 is 1.00 bits per heavy atom. The predicted octanol–water partition coefficient (Wildman–Crippen LogP) is 9.18. The number of hydrogen-bond donors (Lipinski definition) is 3. The molecule has 3 N–H and O–H groups in total. The van der Waals surface area contributed by atoms with Gasteiger partial charge in [-0.3, -0.25) is 15.0 Å². The van der Waals surface area contributed by atoms with Crippen LogP contribution in [0.25, 0.3) is 11.1 Å². The van der Waals surface area contributed by atoms with Crippen LogP contribution in [-0.4, -0.2) is 103 Å². The van der Waals surface area contributed by atoms with Crippen LogP contribution >= 0.6 is 15.9 Å². The van der Waals surface area contributed by atoms with Crippen LogP contribution < -0.4 is 9.80 Å². The van der Waals surface area contributed by atoms with E-state index in [1.165, 1.54) is 61.1 Å². The van der Waals surface area contributed by atoms with Crippen molar-refractivity contribution in [2.45, 2.75) is 69.7 Å². The van der Waals surface area contributed by atoms with E-state index in [0.29, 0.717) is 41.8 Å². The molecule has 6 heterocycles. The Morgan fingerprint density at radius 3 is 1.41 bits per heavy atom. The molecule has 1 aliphatic heterocycles. The predicted molar refractivity (Wildman–Crippen MR) is 263 cm³/mol. The lowest BCUT2D eigenvalue weighted by atomic mass is 9.84. The van der Waals surface area contributed by atoms with Crippen molar-refractivity contribution < 1.29 is 54.8 Å². The lowest BCUT2D eigenvalue weighted by Crippen LogP contribution is -2.48. The van der Waals surface area contributed by atoms with Gasteiger partial charge in [-0.05, 0) is 96.9 Å². The van der Waals surface area contributed by atoms with E-state index in [1.54, 1.807) is 6.07 Å². The van der Waals surface area contributed by atoms with Crippen molar-refractivity contribution in [2.24, 2.45) is 0 Å². The number of aliphatic hydroxyl groups is 3. The van der Waals surface area contributed by atoms with E-state index in [0.717, 1.165) is 69.8 Å². The maximum Gasteiger partial charge on any atom is 0.391 e. The first-order chi connectivity index (χ1) is 35.2. The molecule has 1 fully saturated rings. The minimum Gasteiger partial charge on any atom is -0.386 e. The average Bonchev–Trinajstić information content (AvgIpc) is 4.11. The normalized spacial score (nSPS) is 15.0. The van der Waals surface area contributed by atoms with Crippen molar-refractivity contribution in [2.75, 3.05) is 36.0 Å². The van der Waals surface area contributed by atoms with Gasteiger partial charge in [0.05, 0.1) is 37.1 Å². The van der Waals surface area contributed by atoms with E-state index < -0.39 is 89.0 Å². The average molecular weight is 1130 g/mol. The van der Waals surface area contributed by atoms with E-state index in [2.05, 4.69) is 71.7 Å². The van der Waals surface area contributed by atoms with Crippen LogP contribution in [0.5, 0.6) is 0 Å². The number of aliphatic hydroxyl groups excluding tert-OH is 1. The van der Waals surface area contributed by atoms with Crippen LogP contribution in [0, 0.1) is 11.6 Å². The number of tetrazole rings is 2. The smallest absolute Gasteiger partial charge is 0.386 e. The molecule has 0 aliphatic carbocycles. The number of nitrogens with zero attached hydrogens (tertiary/aromatic N) is 13.